The molecular formula is C21H21N3O4. The van der Waals surface area contributed by atoms with Crippen LogP contribution in [0.2, 0.25) is 0 Å². The quantitative estimate of drug-likeness (QED) is 0.645. The second-order valence-electron chi connectivity index (χ2n) is 6.64. The predicted molar refractivity (Wildman–Crippen MR) is 104 cm³/mol. The largest absolute Gasteiger partial charge is 0.507 e. The number of benzene rings is 2. The molecule has 0 fully saturated rings. The summed E-state index contributed by atoms with van der Waals surface area (Å²) in [4.78, 5) is 12.6. The summed E-state index contributed by atoms with van der Waals surface area (Å²) < 4.78 is 11.4. The maximum atomic E-state index is 12.6. The second-order valence-corrected chi connectivity index (χ2v) is 6.64. The SMILES string of the molecule is C[C@H](NC(=O)c1cc(-c2ccccc2O)n[nH]1)c1ccc2c(c1)OCCCO2. The summed E-state index contributed by atoms with van der Waals surface area (Å²) in [6.07, 6.45) is 0.843. The number of nitrogens with one attached hydrogen (secondary N) is 2. The predicted octanol–water partition coefficient (Wildman–Crippen LogP) is 3.43. The van der Waals surface area contributed by atoms with Gasteiger partial charge in [0.15, 0.2) is 11.5 Å². The molecule has 7 heteroatoms. The number of aromatic nitrogens is 2. The van der Waals surface area contributed by atoms with Crippen molar-refractivity contribution >= 4 is 5.91 Å². The van der Waals surface area contributed by atoms with Crippen LogP contribution in [-0.2, 0) is 0 Å². The Kier molecular flexibility index (Phi) is 4.89. The number of ether oxygens (including phenoxy) is 2. The van der Waals surface area contributed by atoms with Crippen molar-refractivity contribution in [3.05, 3.63) is 59.8 Å². The maximum absolute atomic E-state index is 12.6. The number of amides is 1. The number of para-hydroxylation sites is 1. The third-order valence-electron chi connectivity index (χ3n) is 4.62. The molecule has 0 saturated carbocycles. The lowest BCUT2D eigenvalue weighted by molar-refractivity contribution is 0.0934. The minimum Gasteiger partial charge on any atom is -0.507 e. The molecule has 3 aromatic rings. The van der Waals surface area contributed by atoms with Gasteiger partial charge in [-0.25, -0.2) is 0 Å². The van der Waals surface area contributed by atoms with Crippen molar-refractivity contribution in [2.24, 2.45) is 0 Å². The normalized spacial score (nSPS) is 14.2. The number of aromatic hydroxyl groups is 1. The molecule has 4 rings (SSSR count). The zero-order chi connectivity index (χ0) is 19.5. The van der Waals surface area contributed by atoms with E-state index in [0.717, 1.165) is 17.7 Å². The summed E-state index contributed by atoms with van der Waals surface area (Å²) in [5.41, 5.74) is 2.30. The number of hydrogen-bond acceptors (Lipinski definition) is 5. The summed E-state index contributed by atoms with van der Waals surface area (Å²) >= 11 is 0. The molecule has 2 aromatic carbocycles. The summed E-state index contributed by atoms with van der Waals surface area (Å²) in [5.74, 6) is 1.25. The van der Waals surface area contributed by atoms with Gasteiger partial charge in [0, 0.05) is 12.0 Å². The summed E-state index contributed by atoms with van der Waals surface area (Å²) in [5, 5.41) is 19.8. The van der Waals surface area contributed by atoms with Crippen molar-refractivity contribution in [2.75, 3.05) is 13.2 Å². The van der Waals surface area contributed by atoms with Crippen LogP contribution in [0, 0.1) is 0 Å². The minimum absolute atomic E-state index is 0.113. The molecule has 28 heavy (non-hydrogen) atoms. The molecule has 0 unspecified atom stereocenters. The maximum Gasteiger partial charge on any atom is 0.269 e. The Morgan fingerprint density at radius 3 is 2.75 bits per heavy atom. The lowest BCUT2D eigenvalue weighted by Crippen LogP contribution is -2.27. The van der Waals surface area contributed by atoms with E-state index in [-0.39, 0.29) is 17.7 Å². The summed E-state index contributed by atoms with van der Waals surface area (Å²) in [6, 6.07) is 13.9. The van der Waals surface area contributed by atoms with Gasteiger partial charge in [-0.1, -0.05) is 18.2 Å². The zero-order valence-electron chi connectivity index (χ0n) is 15.4. The highest BCUT2D eigenvalue weighted by atomic mass is 16.5. The molecule has 0 spiro atoms. The highest BCUT2D eigenvalue weighted by molar-refractivity contribution is 5.93. The first-order chi connectivity index (χ1) is 13.6. The highest BCUT2D eigenvalue weighted by Gasteiger charge is 2.18. The van der Waals surface area contributed by atoms with Gasteiger partial charge in [0.1, 0.15) is 11.4 Å². The van der Waals surface area contributed by atoms with Crippen LogP contribution < -0.4 is 14.8 Å². The highest BCUT2D eigenvalue weighted by Crippen LogP contribution is 2.32. The molecule has 2 heterocycles. The fourth-order valence-corrected chi connectivity index (χ4v) is 3.07. The molecule has 1 aromatic heterocycles. The molecule has 7 nitrogen and oxygen atoms in total. The number of rotatable bonds is 4. The van der Waals surface area contributed by atoms with Gasteiger partial charge in [-0.2, -0.15) is 5.10 Å². The van der Waals surface area contributed by atoms with Crippen molar-refractivity contribution in [3.63, 3.8) is 0 Å². The van der Waals surface area contributed by atoms with E-state index in [0.29, 0.717) is 35.9 Å². The number of phenolic OH excluding ortho intramolecular Hbond substituents is 1. The van der Waals surface area contributed by atoms with Crippen LogP contribution >= 0.6 is 0 Å². The second kappa shape index (κ2) is 7.64. The number of carbonyl (C=O) groups excluding carboxylic acids is 1. The van der Waals surface area contributed by atoms with E-state index in [9.17, 15) is 9.90 Å². The molecule has 0 radical (unpaired) electrons. The van der Waals surface area contributed by atoms with Crippen molar-refractivity contribution in [1.29, 1.82) is 0 Å². The minimum atomic E-state index is -0.284. The number of nitrogens with zero attached hydrogens (tertiary/aromatic N) is 1. The molecule has 0 bridgehead atoms. The van der Waals surface area contributed by atoms with Crippen LogP contribution in [0.5, 0.6) is 17.2 Å². The monoisotopic (exact) mass is 379 g/mol. The topological polar surface area (TPSA) is 96.5 Å². The number of aromatic amines is 1. The molecular weight excluding hydrogens is 358 g/mol. The molecule has 3 N–H and O–H groups in total. The van der Waals surface area contributed by atoms with Gasteiger partial charge in [-0.15, -0.1) is 0 Å². The molecule has 1 amide bonds. The van der Waals surface area contributed by atoms with Gasteiger partial charge in [-0.3, -0.25) is 9.89 Å². The van der Waals surface area contributed by atoms with Crippen molar-refractivity contribution in [1.82, 2.24) is 15.5 Å². The van der Waals surface area contributed by atoms with E-state index in [4.69, 9.17) is 9.47 Å². The third-order valence-corrected chi connectivity index (χ3v) is 4.62. The van der Waals surface area contributed by atoms with Gasteiger partial charge < -0.3 is 19.9 Å². The Hall–Kier alpha value is -3.48. The van der Waals surface area contributed by atoms with Gasteiger partial charge in [-0.05, 0) is 42.8 Å². The lowest BCUT2D eigenvalue weighted by Gasteiger charge is -2.16. The van der Waals surface area contributed by atoms with E-state index in [1.807, 2.05) is 25.1 Å². The summed E-state index contributed by atoms with van der Waals surface area (Å²) in [6.45, 7) is 3.15. The van der Waals surface area contributed by atoms with Crippen molar-refractivity contribution in [3.8, 4) is 28.5 Å². The Balaban J connectivity index is 1.48. The molecule has 144 valence electrons. The number of H-pyrrole nitrogens is 1. The fraction of sp³-hybridized carbons (Fsp3) is 0.238. The Bertz CT molecular complexity index is 999. The first-order valence-electron chi connectivity index (χ1n) is 9.16. The van der Waals surface area contributed by atoms with E-state index in [2.05, 4.69) is 15.5 Å². The van der Waals surface area contributed by atoms with Crippen LogP contribution in [0.4, 0.5) is 0 Å². The number of hydrogen-bond donors (Lipinski definition) is 3. The van der Waals surface area contributed by atoms with Crippen molar-refractivity contribution in [2.45, 2.75) is 19.4 Å². The fourth-order valence-electron chi connectivity index (χ4n) is 3.07. The standard InChI is InChI=1S/C21H21N3O4/c1-13(14-7-8-19-20(11-14)28-10-4-9-27-19)22-21(26)17-12-16(23-24-17)15-5-2-3-6-18(15)25/h2-3,5-8,11-13,25H,4,9-10H2,1H3,(H,22,26)(H,23,24)/t13-/m0/s1. The summed E-state index contributed by atoms with van der Waals surface area (Å²) in [7, 11) is 0. The Morgan fingerprint density at radius 1 is 1.14 bits per heavy atom. The van der Waals surface area contributed by atoms with Crippen LogP contribution in [0.15, 0.2) is 48.5 Å². The Labute approximate surface area is 162 Å². The average molecular weight is 379 g/mol. The van der Waals surface area contributed by atoms with Gasteiger partial charge in [0.2, 0.25) is 0 Å². The number of carbonyl (C=O) groups is 1. The van der Waals surface area contributed by atoms with Crippen LogP contribution in [0.3, 0.4) is 0 Å². The van der Waals surface area contributed by atoms with Gasteiger partial charge in [0.05, 0.1) is 24.9 Å². The molecule has 0 saturated heterocycles. The molecule has 0 aliphatic carbocycles. The first kappa shape index (κ1) is 17.9. The van der Waals surface area contributed by atoms with E-state index in [1.54, 1.807) is 30.3 Å². The molecule has 1 aliphatic heterocycles. The molecule has 1 aliphatic rings. The van der Waals surface area contributed by atoms with Gasteiger partial charge in [0.25, 0.3) is 5.91 Å². The van der Waals surface area contributed by atoms with Crippen LogP contribution in [0.25, 0.3) is 11.3 Å². The zero-order valence-corrected chi connectivity index (χ0v) is 15.4. The van der Waals surface area contributed by atoms with E-state index >= 15 is 0 Å². The average Bonchev–Trinajstić information content (AvgIpc) is 3.07. The van der Waals surface area contributed by atoms with Crippen molar-refractivity contribution < 1.29 is 19.4 Å². The third kappa shape index (κ3) is 3.64. The van der Waals surface area contributed by atoms with Crippen LogP contribution in [0.1, 0.15) is 35.4 Å². The smallest absolute Gasteiger partial charge is 0.269 e. The van der Waals surface area contributed by atoms with E-state index in [1.165, 1.54) is 0 Å². The van der Waals surface area contributed by atoms with Gasteiger partial charge >= 0.3 is 0 Å². The molecule has 1 atom stereocenters. The first-order valence-corrected chi connectivity index (χ1v) is 9.16. The lowest BCUT2D eigenvalue weighted by atomic mass is 10.1. The number of fused-ring (bicyclic) bond motifs is 1. The van der Waals surface area contributed by atoms with Crippen LogP contribution in [-0.4, -0.2) is 34.4 Å². The van der Waals surface area contributed by atoms with E-state index < -0.39 is 0 Å². The Morgan fingerprint density at radius 2 is 1.93 bits per heavy atom. The number of phenols is 1.